The van der Waals surface area contributed by atoms with E-state index in [4.69, 9.17) is 4.74 Å². The number of anilines is 1. The van der Waals surface area contributed by atoms with Crippen molar-refractivity contribution in [3.63, 3.8) is 0 Å². The Balaban J connectivity index is 2.14. The van der Waals surface area contributed by atoms with Crippen LogP contribution in [0.15, 0.2) is 42.5 Å². The van der Waals surface area contributed by atoms with Gasteiger partial charge >= 0.3 is 0 Å². The number of ether oxygens (including phenoxy) is 1. The molecule has 0 aliphatic heterocycles. The molecule has 0 aromatic heterocycles. The second kappa shape index (κ2) is 8.34. The second-order valence-corrected chi connectivity index (χ2v) is 5.75. The number of rotatable bonds is 8. The number of benzene rings is 2. The Kier molecular flexibility index (Phi) is 6.18. The molecule has 0 saturated heterocycles. The fourth-order valence-electron chi connectivity index (χ4n) is 2.83. The maximum Gasteiger partial charge on any atom is 0.272 e. The van der Waals surface area contributed by atoms with Crippen molar-refractivity contribution < 1.29 is 9.66 Å². The number of hydrogen-bond donors (Lipinski definition) is 0. The average Bonchev–Trinajstić information content (AvgIpc) is 2.59. The molecule has 0 amide bonds. The maximum absolute atomic E-state index is 11.1. The largest absolute Gasteiger partial charge is 0.497 e. The van der Waals surface area contributed by atoms with Crippen molar-refractivity contribution >= 4 is 11.4 Å². The molecule has 0 heterocycles. The van der Waals surface area contributed by atoms with Gasteiger partial charge in [-0.3, -0.25) is 10.1 Å². The predicted octanol–water partition coefficient (Wildman–Crippen LogP) is 4.37. The molecule has 2 rings (SSSR count). The highest BCUT2D eigenvalue weighted by atomic mass is 16.6. The highest BCUT2D eigenvalue weighted by Gasteiger charge is 2.14. The molecule has 5 heteroatoms. The van der Waals surface area contributed by atoms with Gasteiger partial charge in [0.1, 0.15) is 5.75 Å². The van der Waals surface area contributed by atoms with Crippen LogP contribution in [0.4, 0.5) is 11.4 Å². The third kappa shape index (κ3) is 4.25. The van der Waals surface area contributed by atoms with Crippen molar-refractivity contribution in [1.82, 2.24) is 0 Å². The number of nitrogens with zero attached hydrogens (tertiary/aromatic N) is 2. The summed E-state index contributed by atoms with van der Waals surface area (Å²) in [7, 11) is 1.66. The Labute approximate surface area is 143 Å². The van der Waals surface area contributed by atoms with E-state index in [1.165, 1.54) is 0 Å². The first-order valence-electron chi connectivity index (χ1n) is 8.18. The van der Waals surface area contributed by atoms with E-state index in [0.717, 1.165) is 48.5 Å². The van der Waals surface area contributed by atoms with Gasteiger partial charge in [0.15, 0.2) is 0 Å². The molecule has 0 unspecified atom stereocenters. The van der Waals surface area contributed by atoms with Crippen LogP contribution in [-0.4, -0.2) is 25.1 Å². The Morgan fingerprint density at radius 3 is 2.42 bits per heavy atom. The second-order valence-electron chi connectivity index (χ2n) is 5.75. The fourth-order valence-corrected chi connectivity index (χ4v) is 2.83. The van der Waals surface area contributed by atoms with Gasteiger partial charge in [-0.05, 0) is 49.6 Å². The topological polar surface area (TPSA) is 55.6 Å². The van der Waals surface area contributed by atoms with Crippen molar-refractivity contribution in [1.29, 1.82) is 0 Å². The zero-order valence-corrected chi connectivity index (χ0v) is 14.5. The van der Waals surface area contributed by atoms with Crippen LogP contribution >= 0.6 is 0 Å². The molecule has 0 bridgehead atoms. The van der Waals surface area contributed by atoms with Crippen LogP contribution in [0.1, 0.15) is 24.5 Å². The molecule has 0 aliphatic carbocycles. The summed E-state index contributed by atoms with van der Waals surface area (Å²) < 4.78 is 5.21. The van der Waals surface area contributed by atoms with E-state index in [-0.39, 0.29) is 10.6 Å². The Morgan fingerprint density at radius 1 is 1.12 bits per heavy atom. The lowest BCUT2D eigenvalue weighted by Gasteiger charge is -2.25. The predicted molar refractivity (Wildman–Crippen MR) is 97.0 cm³/mol. The van der Waals surface area contributed by atoms with Crippen molar-refractivity contribution in [3.05, 3.63) is 63.7 Å². The standard InChI is InChI=1S/C19H24N2O3/c1-4-13-20(17-8-10-18(24-3)11-9-17)14-12-16-6-5-7-19(15(16)2)21(22)23/h5-11H,4,12-14H2,1-3H3. The number of methoxy groups -OCH3 is 1. The van der Waals surface area contributed by atoms with Gasteiger partial charge < -0.3 is 9.64 Å². The summed E-state index contributed by atoms with van der Waals surface area (Å²) in [4.78, 5) is 13.1. The summed E-state index contributed by atoms with van der Waals surface area (Å²) >= 11 is 0. The lowest BCUT2D eigenvalue weighted by molar-refractivity contribution is -0.385. The smallest absolute Gasteiger partial charge is 0.272 e. The lowest BCUT2D eigenvalue weighted by atomic mass is 10.0. The van der Waals surface area contributed by atoms with Gasteiger partial charge in [0.2, 0.25) is 0 Å². The molecule has 0 radical (unpaired) electrons. The van der Waals surface area contributed by atoms with Crippen molar-refractivity contribution in [3.8, 4) is 5.75 Å². The molecule has 0 N–H and O–H groups in total. The van der Waals surface area contributed by atoms with Crippen LogP contribution < -0.4 is 9.64 Å². The minimum Gasteiger partial charge on any atom is -0.497 e. The highest BCUT2D eigenvalue weighted by Crippen LogP contribution is 2.23. The molecule has 5 nitrogen and oxygen atoms in total. The quantitative estimate of drug-likeness (QED) is 0.533. The SMILES string of the molecule is CCCN(CCc1cccc([N+](=O)[O-])c1C)c1ccc(OC)cc1. The molecule has 0 spiro atoms. The molecule has 0 fully saturated rings. The fraction of sp³-hybridized carbons (Fsp3) is 0.368. The lowest BCUT2D eigenvalue weighted by Crippen LogP contribution is -2.26. The highest BCUT2D eigenvalue weighted by molar-refractivity contribution is 5.50. The van der Waals surface area contributed by atoms with Gasteiger partial charge in [-0.25, -0.2) is 0 Å². The van der Waals surface area contributed by atoms with Crippen LogP contribution in [0.5, 0.6) is 5.75 Å². The maximum atomic E-state index is 11.1. The van der Waals surface area contributed by atoms with E-state index in [1.807, 2.05) is 25.1 Å². The number of nitro benzene ring substituents is 1. The van der Waals surface area contributed by atoms with E-state index < -0.39 is 0 Å². The molecule has 0 saturated carbocycles. The van der Waals surface area contributed by atoms with E-state index >= 15 is 0 Å². The Bertz CT molecular complexity index is 684. The summed E-state index contributed by atoms with van der Waals surface area (Å²) in [5.41, 5.74) is 3.12. The van der Waals surface area contributed by atoms with Crippen LogP contribution in [0.3, 0.4) is 0 Å². The Hall–Kier alpha value is -2.56. The molecule has 0 atom stereocenters. The first kappa shape index (κ1) is 17.8. The van der Waals surface area contributed by atoms with Crippen molar-refractivity contribution in [2.75, 3.05) is 25.1 Å². The van der Waals surface area contributed by atoms with Crippen molar-refractivity contribution in [2.45, 2.75) is 26.7 Å². The monoisotopic (exact) mass is 328 g/mol. The summed E-state index contributed by atoms with van der Waals surface area (Å²) in [6.45, 7) is 5.74. The van der Waals surface area contributed by atoms with E-state index in [1.54, 1.807) is 19.2 Å². The summed E-state index contributed by atoms with van der Waals surface area (Å²) in [5, 5.41) is 11.1. The molecule has 2 aromatic rings. The van der Waals surface area contributed by atoms with Gasteiger partial charge in [0, 0.05) is 30.4 Å². The third-order valence-corrected chi connectivity index (χ3v) is 4.20. The zero-order chi connectivity index (χ0) is 17.5. The van der Waals surface area contributed by atoms with E-state index in [2.05, 4.69) is 24.0 Å². The summed E-state index contributed by atoms with van der Waals surface area (Å²) in [6.07, 6.45) is 1.82. The summed E-state index contributed by atoms with van der Waals surface area (Å²) in [6, 6.07) is 13.3. The minimum absolute atomic E-state index is 0.194. The van der Waals surface area contributed by atoms with E-state index in [0.29, 0.717) is 0 Å². The van der Waals surface area contributed by atoms with Gasteiger partial charge in [-0.15, -0.1) is 0 Å². The molecule has 24 heavy (non-hydrogen) atoms. The molecular formula is C19H24N2O3. The van der Waals surface area contributed by atoms with Gasteiger partial charge in [-0.2, -0.15) is 0 Å². The van der Waals surface area contributed by atoms with Crippen LogP contribution in [0.2, 0.25) is 0 Å². The van der Waals surface area contributed by atoms with Gasteiger partial charge in [0.25, 0.3) is 5.69 Å². The molecule has 128 valence electrons. The molecule has 0 aliphatic rings. The van der Waals surface area contributed by atoms with Crippen LogP contribution in [0, 0.1) is 17.0 Å². The van der Waals surface area contributed by atoms with Crippen LogP contribution in [-0.2, 0) is 6.42 Å². The first-order chi connectivity index (χ1) is 11.6. The molecule has 2 aromatic carbocycles. The summed E-state index contributed by atoms with van der Waals surface area (Å²) in [5.74, 6) is 0.838. The normalized spacial score (nSPS) is 10.5. The van der Waals surface area contributed by atoms with Crippen LogP contribution in [0.25, 0.3) is 0 Å². The minimum atomic E-state index is -0.313. The Morgan fingerprint density at radius 2 is 1.83 bits per heavy atom. The van der Waals surface area contributed by atoms with Gasteiger partial charge in [-0.1, -0.05) is 19.1 Å². The number of hydrogen-bond acceptors (Lipinski definition) is 4. The van der Waals surface area contributed by atoms with Gasteiger partial charge in [0.05, 0.1) is 12.0 Å². The zero-order valence-electron chi connectivity index (χ0n) is 14.5. The van der Waals surface area contributed by atoms with Crippen molar-refractivity contribution in [2.24, 2.45) is 0 Å². The number of nitro groups is 1. The first-order valence-corrected chi connectivity index (χ1v) is 8.18. The third-order valence-electron chi connectivity index (χ3n) is 4.20. The average molecular weight is 328 g/mol. The van der Waals surface area contributed by atoms with E-state index in [9.17, 15) is 10.1 Å². The molecular weight excluding hydrogens is 304 g/mol.